The van der Waals surface area contributed by atoms with Crippen molar-refractivity contribution in [2.24, 2.45) is 0 Å². The van der Waals surface area contributed by atoms with Gasteiger partial charge in [-0.15, -0.1) is 0 Å². The average molecular weight is 280 g/mol. The molecular weight excluding hydrogens is 256 g/mol. The third-order valence-electron chi connectivity index (χ3n) is 4.90. The molecule has 110 valence electrons. The largest absolute Gasteiger partial charge is 0.392 e. The van der Waals surface area contributed by atoms with Gasteiger partial charge in [0.05, 0.1) is 6.10 Å². The fraction of sp³-hybridized carbons (Fsp3) is 0.400. The molecule has 1 N–H and O–H groups in total. The quantitative estimate of drug-likeness (QED) is 0.891. The predicted octanol–water partition coefficient (Wildman–Crippen LogP) is 4.25. The van der Waals surface area contributed by atoms with Crippen molar-refractivity contribution in [3.8, 4) is 0 Å². The van der Waals surface area contributed by atoms with Gasteiger partial charge in [0, 0.05) is 5.92 Å². The van der Waals surface area contributed by atoms with Crippen molar-refractivity contribution in [1.82, 2.24) is 0 Å². The molecule has 1 nitrogen and oxygen atoms in total. The normalized spacial score (nSPS) is 18.6. The van der Waals surface area contributed by atoms with Gasteiger partial charge in [0.2, 0.25) is 0 Å². The van der Waals surface area contributed by atoms with E-state index in [0.29, 0.717) is 5.92 Å². The summed E-state index contributed by atoms with van der Waals surface area (Å²) in [6, 6.07) is 13.0. The van der Waals surface area contributed by atoms with Gasteiger partial charge in [0.15, 0.2) is 0 Å². The summed E-state index contributed by atoms with van der Waals surface area (Å²) in [6.07, 6.45) is 2.65. The van der Waals surface area contributed by atoms with Gasteiger partial charge in [-0.1, -0.05) is 42.0 Å². The van der Waals surface area contributed by atoms with Crippen molar-refractivity contribution >= 4 is 0 Å². The zero-order valence-corrected chi connectivity index (χ0v) is 13.2. The number of hydrogen-bond acceptors (Lipinski definition) is 1. The van der Waals surface area contributed by atoms with E-state index in [9.17, 15) is 5.11 Å². The van der Waals surface area contributed by atoms with Crippen LogP contribution in [0, 0.1) is 20.8 Å². The zero-order chi connectivity index (χ0) is 15.0. The Labute approximate surface area is 127 Å². The lowest BCUT2D eigenvalue weighted by molar-refractivity contribution is 0.142. The maximum Gasteiger partial charge on any atom is 0.0649 e. The number of aryl methyl sites for hydroxylation is 4. The molecule has 1 aliphatic rings. The second kappa shape index (κ2) is 5.65. The first-order chi connectivity index (χ1) is 10.1. The Balaban J connectivity index is 1.84. The van der Waals surface area contributed by atoms with Crippen LogP contribution in [0.25, 0.3) is 0 Å². The molecule has 2 atom stereocenters. The van der Waals surface area contributed by atoms with Crippen molar-refractivity contribution in [3.63, 3.8) is 0 Å². The third kappa shape index (κ3) is 2.75. The lowest BCUT2D eigenvalue weighted by Gasteiger charge is -2.21. The molecule has 0 saturated carbocycles. The van der Waals surface area contributed by atoms with Gasteiger partial charge in [-0.3, -0.25) is 0 Å². The predicted molar refractivity (Wildman–Crippen MR) is 87.9 cm³/mol. The first kappa shape index (κ1) is 14.3. The molecule has 0 aromatic heterocycles. The number of hydrogen-bond donors (Lipinski definition) is 1. The molecule has 2 aromatic carbocycles. The first-order valence-electron chi connectivity index (χ1n) is 7.89. The van der Waals surface area contributed by atoms with Crippen molar-refractivity contribution < 1.29 is 5.11 Å². The van der Waals surface area contributed by atoms with Crippen LogP contribution in [0.4, 0.5) is 0 Å². The van der Waals surface area contributed by atoms with Crippen LogP contribution < -0.4 is 0 Å². The molecule has 3 rings (SSSR count). The Kier molecular flexibility index (Phi) is 3.86. The summed E-state index contributed by atoms with van der Waals surface area (Å²) in [7, 11) is 0. The molecule has 0 heterocycles. The highest BCUT2D eigenvalue weighted by molar-refractivity contribution is 5.40. The highest BCUT2D eigenvalue weighted by Gasteiger charge is 2.28. The standard InChI is InChI=1S/C20H24O/c1-13-10-14(2)19(15(3)11-13)12-20(21)18-9-8-16-6-4-5-7-17(16)18/h4-7,10-11,18,20-21H,8-9,12H2,1-3H3. The number of rotatable bonds is 3. The van der Waals surface area contributed by atoms with Gasteiger partial charge in [-0.05, 0) is 67.9 Å². The minimum Gasteiger partial charge on any atom is -0.392 e. The van der Waals surface area contributed by atoms with Gasteiger partial charge in [0.1, 0.15) is 0 Å². The Bertz CT molecular complexity index is 634. The van der Waals surface area contributed by atoms with E-state index >= 15 is 0 Å². The second-order valence-corrected chi connectivity index (χ2v) is 6.49. The summed E-state index contributed by atoms with van der Waals surface area (Å²) in [6.45, 7) is 6.45. The van der Waals surface area contributed by atoms with Crippen LogP contribution >= 0.6 is 0 Å². The Morgan fingerprint density at radius 3 is 2.48 bits per heavy atom. The maximum atomic E-state index is 10.8. The van der Waals surface area contributed by atoms with E-state index in [2.05, 4.69) is 57.2 Å². The zero-order valence-electron chi connectivity index (χ0n) is 13.2. The number of aliphatic hydroxyl groups is 1. The van der Waals surface area contributed by atoms with Gasteiger partial charge in [-0.25, -0.2) is 0 Å². The lowest BCUT2D eigenvalue weighted by atomic mass is 9.88. The number of benzene rings is 2. The molecular formula is C20H24O. The second-order valence-electron chi connectivity index (χ2n) is 6.49. The van der Waals surface area contributed by atoms with Crippen LogP contribution in [0.1, 0.15) is 45.7 Å². The molecule has 0 spiro atoms. The van der Waals surface area contributed by atoms with Crippen molar-refractivity contribution in [2.45, 2.75) is 52.1 Å². The first-order valence-corrected chi connectivity index (χ1v) is 7.89. The van der Waals surface area contributed by atoms with E-state index < -0.39 is 0 Å². The van der Waals surface area contributed by atoms with Gasteiger partial charge < -0.3 is 5.11 Å². The van der Waals surface area contributed by atoms with Crippen LogP contribution in [0.15, 0.2) is 36.4 Å². The van der Waals surface area contributed by atoms with E-state index in [1.807, 2.05) is 0 Å². The van der Waals surface area contributed by atoms with Gasteiger partial charge >= 0.3 is 0 Å². The smallest absolute Gasteiger partial charge is 0.0649 e. The molecule has 0 bridgehead atoms. The van der Waals surface area contributed by atoms with Crippen LogP contribution in [-0.4, -0.2) is 11.2 Å². The summed E-state index contributed by atoms with van der Waals surface area (Å²) in [5.41, 5.74) is 7.99. The molecule has 0 fully saturated rings. The summed E-state index contributed by atoms with van der Waals surface area (Å²) < 4.78 is 0. The Morgan fingerprint density at radius 1 is 1.10 bits per heavy atom. The monoisotopic (exact) mass is 280 g/mol. The molecule has 1 heteroatoms. The molecule has 0 amide bonds. The Hall–Kier alpha value is -1.60. The van der Waals surface area contributed by atoms with E-state index in [1.54, 1.807) is 0 Å². The molecule has 2 unspecified atom stereocenters. The average Bonchev–Trinajstić information content (AvgIpc) is 2.86. The summed E-state index contributed by atoms with van der Waals surface area (Å²) >= 11 is 0. The van der Waals surface area contributed by atoms with Crippen LogP contribution in [0.5, 0.6) is 0 Å². The molecule has 0 aliphatic heterocycles. The summed E-state index contributed by atoms with van der Waals surface area (Å²) in [5.74, 6) is 0.293. The van der Waals surface area contributed by atoms with E-state index in [-0.39, 0.29) is 6.10 Å². The van der Waals surface area contributed by atoms with Crippen molar-refractivity contribution in [1.29, 1.82) is 0 Å². The topological polar surface area (TPSA) is 20.2 Å². The fourth-order valence-corrected chi connectivity index (χ4v) is 3.87. The molecule has 0 radical (unpaired) electrons. The van der Waals surface area contributed by atoms with E-state index in [0.717, 1.165) is 19.3 Å². The fourth-order valence-electron chi connectivity index (χ4n) is 3.87. The molecule has 1 aliphatic carbocycles. The molecule has 0 saturated heterocycles. The summed E-state index contributed by atoms with van der Waals surface area (Å²) in [5, 5.41) is 10.8. The number of fused-ring (bicyclic) bond motifs is 1. The van der Waals surface area contributed by atoms with Crippen LogP contribution in [0.2, 0.25) is 0 Å². The highest BCUT2D eigenvalue weighted by atomic mass is 16.3. The number of aliphatic hydroxyl groups excluding tert-OH is 1. The highest BCUT2D eigenvalue weighted by Crippen LogP contribution is 2.36. The Morgan fingerprint density at radius 2 is 1.76 bits per heavy atom. The van der Waals surface area contributed by atoms with E-state index in [4.69, 9.17) is 0 Å². The lowest BCUT2D eigenvalue weighted by Crippen LogP contribution is -2.20. The molecule has 21 heavy (non-hydrogen) atoms. The summed E-state index contributed by atoms with van der Waals surface area (Å²) in [4.78, 5) is 0. The third-order valence-corrected chi connectivity index (χ3v) is 4.90. The SMILES string of the molecule is Cc1cc(C)c(CC(O)C2CCc3ccccc32)c(C)c1. The van der Waals surface area contributed by atoms with Gasteiger partial charge in [0.25, 0.3) is 0 Å². The van der Waals surface area contributed by atoms with Gasteiger partial charge in [-0.2, -0.15) is 0 Å². The minimum absolute atomic E-state index is 0.284. The van der Waals surface area contributed by atoms with Crippen molar-refractivity contribution in [3.05, 3.63) is 69.8 Å². The van der Waals surface area contributed by atoms with Crippen molar-refractivity contribution in [2.75, 3.05) is 0 Å². The van der Waals surface area contributed by atoms with E-state index in [1.165, 1.54) is 33.4 Å². The molecule has 2 aromatic rings. The minimum atomic E-state index is -0.284. The van der Waals surface area contributed by atoms with Crippen LogP contribution in [0.3, 0.4) is 0 Å². The maximum absolute atomic E-state index is 10.8. The van der Waals surface area contributed by atoms with Crippen LogP contribution in [-0.2, 0) is 12.8 Å².